The molecule has 25 nitrogen and oxygen atoms in total. The molecular formula is C115H85ClF3N17O8. The van der Waals surface area contributed by atoms with E-state index in [0.29, 0.717) is 136 Å². The Kier molecular flexibility index (Phi) is 30.3. The SMILES string of the molecule is COC(=O)c1ccc(-c2nc(-c3ccccc3)nc(-c3ccc(C)cc3O)n2)cc1.Cc1ccc(-c2nc(-c3ccccc3)nc(-c3ccc(C#N)cc3)n2)c(O)c1.Cc1ccc(-c2nc(-c3ccccc3)nc(-c3ccc(C(F)(F)F)cc3)n2)c(O)c1.Cc1ccc(-c2nc(-c3ccccc3)nc(-c3ccc(C(N)=O)cc3)n2)c(O)c1.Cc1ccc(-c2nc(-c3ccccc3)nc(-c3ccc(Cl)cc3)n2)c(O)c1. The predicted molar refractivity (Wildman–Crippen MR) is 547 cm³/mol. The quantitative estimate of drug-likeness (QED) is 0.0461. The number of hydrogen-bond acceptors (Lipinski definition) is 24. The van der Waals surface area contributed by atoms with Crippen LogP contribution in [0, 0.1) is 45.9 Å². The lowest BCUT2D eigenvalue weighted by atomic mass is 10.1. The molecule has 0 aliphatic heterocycles. The number of aromatic nitrogens is 15. The van der Waals surface area contributed by atoms with Crippen LogP contribution in [0.25, 0.3) is 171 Å². The van der Waals surface area contributed by atoms with Crippen LogP contribution in [0.15, 0.2) is 364 Å². The number of esters is 1. The largest absolute Gasteiger partial charge is 0.507 e. The van der Waals surface area contributed by atoms with Crippen molar-refractivity contribution in [2.24, 2.45) is 5.73 Å². The first-order chi connectivity index (χ1) is 69.6. The maximum atomic E-state index is 12.9. The van der Waals surface area contributed by atoms with Gasteiger partial charge in [0.2, 0.25) is 5.91 Å². The second-order valence-electron chi connectivity index (χ2n) is 32.7. The second-order valence-corrected chi connectivity index (χ2v) is 33.2. The van der Waals surface area contributed by atoms with Gasteiger partial charge in [-0.2, -0.15) is 18.4 Å². The van der Waals surface area contributed by atoms with Crippen molar-refractivity contribution in [2.75, 3.05) is 7.11 Å². The smallest absolute Gasteiger partial charge is 0.416 e. The molecule has 20 rings (SSSR count). The van der Waals surface area contributed by atoms with Gasteiger partial charge in [-0.05, 0) is 208 Å². The fraction of sp³-hybridized carbons (Fsp3) is 0.0609. The highest BCUT2D eigenvalue weighted by atomic mass is 35.5. The number of nitriles is 1. The molecule has 0 aliphatic rings. The molecule has 0 bridgehead atoms. The molecule has 15 aromatic carbocycles. The number of hydrogen-bond donors (Lipinski definition) is 6. The van der Waals surface area contributed by atoms with E-state index in [4.69, 9.17) is 27.3 Å². The summed E-state index contributed by atoms with van der Waals surface area (Å²) in [5, 5.41) is 61.7. The molecule has 5 aromatic heterocycles. The van der Waals surface area contributed by atoms with Crippen molar-refractivity contribution in [1.82, 2.24) is 74.8 Å². The second kappa shape index (κ2) is 44.5. The number of nitrogens with two attached hydrogens (primary N) is 1. The van der Waals surface area contributed by atoms with Gasteiger partial charge < -0.3 is 36.0 Å². The number of phenolic OH excluding ortho intramolecular Hbond substituents is 5. The molecule has 0 unspecified atom stereocenters. The maximum Gasteiger partial charge on any atom is 0.416 e. The van der Waals surface area contributed by atoms with Gasteiger partial charge in [-0.25, -0.2) is 79.6 Å². The molecule has 0 radical (unpaired) electrons. The summed E-state index contributed by atoms with van der Waals surface area (Å²) in [6.45, 7) is 9.48. The van der Waals surface area contributed by atoms with Gasteiger partial charge in [0.1, 0.15) is 28.7 Å². The molecule has 5 heterocycles. The number of halogens is 4. The van der Waals surface area contributed by atoms with Crippen LogP contribution in [-0.4, -0.2) is 119 Å². The van der Waals surface area contributed by atoms with E-state index >= 15 is 0 Å². The predicted octanol–water partition coefficient (Wildman–Crippen LogP) is 24.9. The van der Waals surface area contributed by atoms with Crippen LogP contribution in [0.1, 0.15) is 59.7 Å². The maximum absolute atomic E-state index is 12.9. The van der Waals surface area contributed by atoms with Gasteiger partial charge in [0, 0.05) is 66.2 Å². The van der Waals surface area contributed by atoms with Crippen LogP contribution in [0.4, 0.5) is 13.2 Å². The molecule has 0 aliphatic carbocycles. The Bertz CT molecular complexity index is 8080. The summed E-state index contributed by atoms with van der Waals surface area (Å²) in [5.41, 5.74) is 20.8. The fourth-order valence-electron chi connectivity index (χ4n) is 14.6. The molecular weight excluding hydrogens is 1840 g/mol. The first-order valence-electron chi connectivity index (χ1n) is 44.7. The van der Waals surface area contributed by atoms with Gasteiger partial charge in [-0.3, -0.25) is 4.79 Å². The number of primary amides is 1. The summed E-state index contributed by atoms with van der Waals surface area (Å²) in [4.78, 5) is 91.6. The molecule has 1 amide bonds. The highest BCUT2D eigenvalue weighted by molar-refractivity contribution is 6.30. The number of carbonyl (C=O) groups excluding carboxylic acids is 2. The lowest BCUT2D eigenvalue weighted by molar-refractivity contribution is -0.137. The van der Waals surface area contributed by atoms with E-state index in [1.807, 2.05) is 235 Å². The molecule has 706 valence electrons. The van der Waals surface area contributed by atoms with Gasteiger partial charge in [0.25, 0.3) is 0 Å². The number of carbonyl (C=O) groups is 2. The fourth-order valence-corrected chi connectivity index (χ4v) is 14.7. The Hall–Kier alpha value is -19.1. The number of ether oxygens (including phenoxy) is 1. The number of alkyl halides is 3. The number of aryl methyl sites for hydroxylation is 5. The highest BCUT2D eigenvalue weighted by Gasteiger charge is 2.31. The summed E-state index contributed by atoms with van der Waals surface area (Å²) in [6.07, 6.45) is -4.42. The Balaban J connectivity index is 0.000000129. The zero-order chi connectivity index (χ0) is 101. The van der Waals surface area contributed by atoms with E-state index in [1.54, 1.807) is 140 Å². The monoisotopic (exact) mass is 1920 g/mol. The van der Waals surface area contributed by atoms with Crippen molar-refractivity contribution < 1.29 is 53.0 Å². The van der Waals surface area contributed by atoms with Gasteiger partial charge in [0.05, 0.1) is 57.7 Å². The summed E-state index contributed by atoms with van der Waals surface area (Å²) < 4.78 is 43.5. The number of amides is 1. The molecule has 0 fully saturated rings. The Morgan fingerprint density at radius 1 is 0.278 bits per heavy atom. The van der Waals surface area contributed by atoms with Gasteiger partial charge >= 0.3 is 12.1 Å². The van der Waals surface area contributed by atoms with Crippen LogP contribution in [0.3, 0.4) is 0 Å². The Morgan fingerprint density at radius 2 is 0.472 bits per heavy atom. The van der Waals surface area contributed by atoms with E-state index in [9.17, 15) is 48.3 Å². The highest BCUT2D eigenvalue weighted by Crippen LogP contribution is 2.40. The molecule has 144 heavy (non-hydrogen) atoms. The summed E-state index contributed by atoms with van der Waals surface area (Å²) in [7, 11) is 1.34. The Morgan fingerprint density at radius 3 is 0.674 bits per heavy atom. The van der Waals surface area contributed by atoms with Crippen molar-refractivity contribution in [2.45, 2.75) is 40.8 Å². The molecule has 29 heteroatoms. The summed E-state index contributed by atoms with van der Waals surface area (Å²) in [6, 6.07) is 109. The minimum absolute atomic E-state index is 0.0126. The minimum atomic E-state index is -4.42. The van der Waals surface area contributed by atoms with Crippen LogP contribution in [0.5, 0.6) is 28.7 Å². The number of aromatic hydroxyl groups is 5. The third-order valence-corrected chi connectivity index (χ3v) is 22.4. The summed E-state index contributed by atoms with van der Waals surface area (Å²) >= 11 is 6.00. The van der Waals surface area contributed by atoms with Crippen LogP contribution in [-0.2, 0) is 10.9 Å². The van der Waals surface area contributed by atoms with Crippen molar-refractivity contribution >= 4 is 23.5 Å². The van der Waals surface area contributed by atoms with Crippen LogP contribution in [0.2, 0.25) is 5.02 Å². The lowest BCUT2D eigenvalue weighted by Gasteiger charge is -2.11. The number of methoxy groups -OCH3 is 1. The van der Waals surface area contributed by atoms with Crippen molar-refractivity contribution in [3.8, 4) is 206 Å². The first kappa shape index (κ1) is 97.9. The third kappa shape index (κ3) is 24.3. The number of nitrogens with zero attached hydrogens (tertiary/aromatic N) is 16. The minimum Gasteiger partial charge on any atom is -0.507 e. The Labute approximate surface area is 829 Å². The van der Waals surface area contributed by atoms with Crippen LogP contribution >= 0.6 is 11.6 Å². The van der Waals surface area contributed by atoms with E-state index in [1.165, 1.54) is 19.2 Å². The summed E-state index contributed by atoms with van der Waals surface area (Å²) in [5.74, 6) is 5.86. The van der Waals surface area contributed by atoms with E-state index in [-0.39, 0.29) is 40.4 Å². The zero-order valence-electron chi connectivity index (χ0n) is 77.8. The number of benzene rings is 15. The average molecular weight is 1930 g/mol. The third-order valence-electron chi connectivity index (χ3n) is 22.1. The molecule has 0 saturated heterocycles. The van der Waals surface area contributed by atoms with Gasteiger partial charge in [0.15, 0.2) is 87.4 Å². The van der Waals surface area contributed by atoms with E-state index in [2.05, 4.69) is 80.8 Å². The zero-order valence-corrected chi connectivity index (χ0v) is 78.6. The topological polar surface area (TPSA) is 388 Å². The number of phenols is 5. The molecule has 7 N–H and O–H groups in total. The first-order valence-corrected chi connectivity index (χ1v) is 45.1. The van der Waals surface area contributed by atoms with Crippen molar-refractivity contribution in [3.05, 3.63) is 419 Å². The van der Waals surface area contributed by atoms with Gasteiger partial charge in [-0.15, -0.1) is 0 Å². The van der Waals surface area contributed by atoms with Crippen LogP contribution < -0.4 is 5.73 Å². The standard InChI is InChI=1S/C24H19N3O3.C23H16F3N3O.C23H18N4O2.C23H16N4O.C22H16ClN3O/c1-15-8-13-19(20(28)14-15)23-26-21(16-6-4-3-5-7-16)25-22(27-23)17-9-11-18(12-10-17)24(29)30-2;1-14-7-12-18(19(30)13-14)22-28-20(15-5-3-2-4-6-15)27-21(29-22)16-8-10-17(11-9-16)23(24,25)26;1-14-7-12-18(19(28)13-14)23-26-21(16-5-3-2-4-6-16)25-22(27-23)17-10-8-15(9-11-17)20(24)29;1-15-7-12-19(20(28)13-15)23-26-21(17-5-3-2-4-6-17)25-22(27-23)18-10-8-16(14-24)9-11-18;1-14-7-12-18(19(27)13-14)22-25-20(15-5-3-2-4-6-15)24-21(26-22)16-8-10-17(23)11-9-16/h3-14,28H,1-2H3;2-13,30H,1H3;2-13,28H,1H3,(H2,24,29);2-13,28H,1H3;2-13,27H,1H3. The molecule has 20 aromatic rings. The molecule has 0 saturated carbocycles. The van der Waals surface area contributed by atoms with E-state index < -0.39 is 23.6 Å². The van der Waals surface area contributed by atoms with Gasteiger partial charge in [-0.1, -0.05) is 230 Å². The molecule has 0 spiro atoms. The number of rotatable bonds is 17. The lowest BCUT2D eigenvalue weighted by Crippen LogP contribution is -2.10. The average Bonchev–Trinajstić information content (AvgIpc) is 0.803. The van der Waals surface area contributed by atoms with E-state index in [0.717, 1.165) is 84.5 Å². The van der Waals surface area contributed by atoms with Crippen molar-refractivity contribution in [1.29, 1.82) is 5.26 Å². The van der Waals surface area contributed by atoms with Crippen molar-refractivity contribution in [3.63, 3.8) is 0 Å². The molecule has 0 atom stereocenters. The normalized spacial score (nSPS) is 10.8.